The van der Waals surface area contributed by atoms with Crippen molar-refractivity contribution < 1.29 is 14.6 Å². The molecule has 1 aromatic heterocycles. The fourth-order valence-electron chi connectivity index (χ4n) is 3.31. The summed E-state index contributed by atoms with van der Waals surface area (Å²) in [7, 11) is 1.65. The molecule has 0 aliphatic rings. The van der Waals surface area contributed by atoms with Gasteiger partial charge in [0.15, 0.2) is 0 Å². The molecule has 5 heteroatoms. The molecule has 5 nitrogen and oxygen atoms in total. The Balaban J connectivity index is 2.08. The zero-order chi connectivity index (χ0) is 18.5. The van der Waals surface area contributed by atoms with Crippen LogP contribution in [0.4, 0.5) is 0 Å². The molecule has 2 aromatic carbocycles. The number of rotatable bonds is 8. The lowest BCUT2D eigenvalue weighted by molar-refractivity contribution is 0.0684. The Hall–Kier alpha value is -2.63. The van der Waals surface area contributed by atoms with Gasteiger partial charge in [-0.3, -0.25) is 0 Å². The summed E-state index contributed by atoms with van der Waals surface area (Å²) in [5.41, 5.74) is 4.38. The number of aromatic nitrogens is 1. The average molecular weight is 352 g/mol. The number of nitrogens with one attached hydrogen (secondary N) is 1. The average Bonchev–Trinajstić information content (AvgIpc) is 2.95. The van der Waals surface area contributed by atoms with Gasteiger partial charge in [0.05, 0.1) is 6.61 Å². The number of carbonyl (C=O) groups is 1. The lowest BCUT2D eigenvalue weighted by Crippen LogP contribution is -2.20. The van der Waals surface area contributed by atoms with E-state index in [-0.39, 0.29) is 0 Å². The minimum absolute atomic E-state index is 0.347. The van der Waals surface area contributed by atoms with Crippen molar-refractivity contribution in [3.63, 3.8) is 0 Å². The summed E-state index contributed by atoms with van der Waals surface area (Å²) in [5, 5.41) is 14.2. The van der Waals surface area contributed by atoms with Crippen LogP contribution in [0.15, 0.2) is 48.5 Å². The molecule has 3 aromatic rings. The van der Waals surface area contributed by atoms with Gasteiger partial charge in [0.2, 0.25) is 0 Å². The van der Waals surface area contributed by atoms with Crippen LogP contribution in [0, 0.1) is 6.92 Å². The third-order valence-corrected chi connectivity index (χ3v) is 4.65. The molecular weight excluding hydrogens is 328 g/mol. The van der Waals surface area contributed by atoms with E-state index in [9.17, 15) is 9.90 Å². The van der Waals surface area contributed by atoms with E-state index < -0.39 is 5.97 Å². The first kappa shape index (κ1) is 18.2. The fraction of sp³-hybridized carbons (Fsp3) is 0.286. The Kier molecular flexibility index (Phi) is 5.71. The molecule has 0 saturated heterocycles. The number of carboxylic acids is 1. The number of aromatic carboxylic acids is 1. The third kappa shape index (κ3) is 3.64. The number of carboxylic acid groups (broad SMARTS) is 1. The summed E-state index contributed by atoms with van der Waals surface area (Å²) in [6.07, 6.45) is 0. The van der Waals surface area contributed by atoms with Crippen LogP contribution >= 0.6 is 0 Å². The summed E-state index contributed by atoms with van der Waals surface area (Å²) in [5.74, 6) is -0.904. The van der Waals surface area contributed by atoms with Crippen LogP contribution in [0.2, 0.25) is 0 Å². The minimum Gasteiger partial charge on any atom is -0.477 e. The Morgan fingerprint density at radius 2 is 1.88 bits per heavy atom. The second kappa shape index (κ2) is 8.17. The lowest BCUT2D eigenvalue weighted by atomic mass is 10.1. The van der Waals surface area contributed by atoms with Crippen LogP contribution in [0.25, 0.3) is 10.9 Å². The Labute approximate surface area is 153 Å². The third-order valence-electron chi connectivity index (χ3n) is 4.65. The van der Waals surface area contributed by atoms with Crippen LogP contribution < -0.4 is 5.32 Å². The minimum atomic E-state index is -0.904. The highest BCUT2D eigenvalue weighted by Gasteiger charge is 2.22. The summed E-state index contributed by atoms with van der Waals surface area (Å²) in [6, 6.07) is 16.0. The molecule has 3 rings (SSSR count). The van der Waals surface area contributed by atoms with Crippen LogP contribution in [0.1, 0.15) is 27.2 Å². The number of hydrogen-bond acceptors (Lipinski definition) is 3. The van der Waals surface area contributed by atoms with Crippen molar-refractivity contribution in [1.82, 2.24) is 9.88 Å². The molecule has 26 heavy (non-hydrogen) atoms. The van der Waals surface area contributed by atoms with E-state index in [1.165, 1.54) is 0 Å². The fourth-order valence-corrected chi connectivity index (χ4v) is 3.31. The number of fused-ring (bicyclic) bond motifs is 1. The zero-order valence-corrected chi connectivity index (χ0v) is 15.2. The first-order valence-electron chi connectivity index (χ1n) is 8.71. The van der Waals surface area contributed by atoms with Crippen molar-refractivity contribution in [2.24, 2.45) is 0 Å². The molecule has 0 fully saturated rings. The van der Waals surface area contributed by atoms with Crippen molar-refractivity contribution >= 4 is 16.9 Å². The van der Waals surface area contributed by atoms with Gasteiger partial charge in [-0.2, -0.15) is 0 Å². The van der Waals surface area contributed by atoms with E-state index in [0.29, 0.717) is 31.9 Å². The molecule has 0 aliphatic heterocycles. The molecule has 0 amide bonds. The van der Waals surface area contributed by atoms with Gasteiger partial charge in [0, 0.05) is 43.2 Å². The van der Waals surface area contributed by atoms with Gasteiger partial charge in [-0.1, -0.05) is 42.5 Å². The van der Waals surface area contributed by atoms with Gasteiger partial charge in [-0.05, 0) is 24.1 Å². The van der Waals surface area contributed by atoms with E-state index in [1.54, 1.807) is 7.11 Å². The van der Waals surface area contributed by atoms with Crippen molar-refractivity contribution in [3.8, 4) is 0 Å². The van der Waals surface area contributed by atoms with Crippen molar-refractivity contribution in [2.45, 2.75) is 20.0 Å². The van der Waals surface area contributed by atoms with Crippen molar-refractivity contribution in [3.05, 3.63) is 70.9 Å². The number of aryl methyl sites for hydroxylation is 1. The van der Waals surface area contributed by atoms with Crippen molar-refractivity contribution in [2.75, 3.05) is 20.3 Å². The number of benzene rings is 2. The molecule has 1 heterocycles. The van der Waals surface area contributed by atoms with E-state index >= 15 is 0 Å². The topological polar surface area (TPSA) is 63.5 Å². The molecule has 0 spiro atoms. The van der Waals surface area contributed by atoms with E-state index in [4.69, 9.17) is 4.74 Å². The lowest BCUT2D eigenvalue weighted by Gasteiger charge is -2.12. The highest BCUT2D eigenvalue weighted by molar-refractivity contribution is 5.98. The van der Waals surface area contributed by atoms with Crippen LogP contribution in [0.5, 0.6) is 0 Å². The highest BCUT2D eigenvalue weighted by Crippen LogP contribution is 2.28. The van der Waals surface area contributed by atoms with Crippen LogP contribution in [-0.4, -0.2) is 35.9 Å². The molecule has 0 atom stereocenters. The Morgan fingerprint density at radius 3 is 2.62 bits per heavy atom. The van der Waals surface area contributed by atoms with Crippen LogP contribution in [0.3, 0.4) is 0 Å². The largest absolute Gasteiger partial charge is 0.477 e. The molecule has 0 bridgehead atoms. The van der Waals surface area contributed by atoms with E-state index in [2.05, 4.69) is 18.3 Å². The first-order chi connectivity index (χ1) is 12.6. The molecule has 136 valence electrons. The molecule has 2 N–H and O–H groups in total. The van der Waals surface area contributed by atoms with E-state index in [1.807, 2.05) is 47.0 Å². The Bertz CT molecular complexity index is 915. The second-order valence-electron chi connectivity index (χ2n) is 6.33. The second-order valence-corrected chi connectivity index (χ2v) is 6.33. The van der Waals surface area contributed by atoms with Gasteiger partial charge in [0.25, 0.3) is 0 Å². The maximum Gasteiger partial charge on any atom is 0.352 e. The maximum absolute atomic E-state index is 12.1. The van der Waals surface area contributed by atoms with Gasteiger partial charge in [0.1, 0.15) is 5.69 Å². The van der Waals surface area contributed by atoms with Gasteiger partial charge >= 0.3 is 5.97 Å². The standard InChI is InChI=1S/C21H24N2O3/c1-15-7-3-4-8-16(15)14-23-19-10-6-5-9-17(19)18(20(23)21(24)25)13-22-11-12-26-2/h3-10,22H,11-14H2,1-2H3,(H,24,25). The number of ether oxygens (including phenoxy) is 1. The number of nitrogens with zero attached hydrogens (tertiary/aromatic N) is 1. The molecule has 0 radical (unpaired) electrons. The normalized spacial score (nSPS) is 11.2. The smallest absolute Gasteiger partial charge is 0.352 e. The number of para-hydroxylation sites is 1. The summed E-state index contributed by atoms with van der Waals surface area (Å²) in [6.45, 7) is 4.34. The SMILES string of the molecule is COCCNCc1c(C(=O)O)n(Cc2ccccc2C)c2ccccc12. The predicted molar refractivity (Wildman–Crippen MR) is 103 cm³/mol. The number of hydrogen-bond donors (Lipinski definition) is 2. The maximum atomic E-state index is 12.1. The zero-order valence-electron chi connectivity index (χ0n) is 15.2. The monoisotopic (exact) mass is 352 g/mol. The molecule has 0 unspecified atom stereocenters. The van der Waals surface area contributed by atoms with Gasteiger partial charge < -0.3 is 19.7 Å². The first-order valence-corrected chi connectivity index (χ1v) is 8.71. The van der Waals surface area contributed by atoms with Crippen LogP contribution in [-0.2, 0) is 17.8 Å². The predicted octanol–water partition coefficient (Wildman–Crippen LogP) is 3.43. The van der Waals surface area contributed by atoms with Crippen molar-refractivity contribution in [1.29, 1.82) is 0 Å². The molecule has 0 saturated carbocycles. The van der Waals surface area contributed by atoms with Gasteiger partial charge in [-0.25, -0.2) is 4.79 Å². The van der Waals surface area contributed by atoms with Gasteiger partial charge in [-0.15, -0.1) is 0 Å². The quantitative estimate of drug-likeness (QED) is 0.610. The summed E-state index contributed by atoms with van der Waals surface area (Å²) < 4.78 is 6.97. The number of methoxy groups -OCH3 is 1. The summed E-state index contributed by atoms with van der Waals surface area (Å²) >= 11 is 0. The highest BCUT2D eigenvalue weighted by atomic mass is 16.5. The Morgan fingerprint density at radius 1 is 1.15 bits per heavy atom. The molecule has 0 aliphatic carbocycles. The van der Waals surface area contributed by atoms with E-state index in [0.717, 1.165) is 27.6 Å². The summed E-state index contributed by atoms with van der Waals surface area (Å²) in [4.78, 5) is 12.1. The molecular formula is C21H24N2O3.